The molecule has 6 nitrogen and oxygen atoms in total. The molecule has 0 rings (SSSR count). The Labute approximate surface area is 77.6 Å². The van der Waals surface area contributed by atoms with Gasteiger partial charge in [-0.3, -0.25) is 0 Å². The molecule has 0 aromatic carbocycles. The van der Waals surface area contributed by atoms with Gasteiger partial charge in [-0.1, -0.05) is 0 Å². The molecule has 0 aromatic heterocycles. The molecule has 0 amide bonds. The summed E-state index contributed by atoms with van der Waals surface area (Å²) in [5.41, 5.74) is 0. The summed E-state index contributed by atoms with van der Waals surface area (Å²) < 4.78 is 0. The van der Waals surface area contributed by atoms with E-state index in [4.69, 9.17) is 10.2 Å². The zero-order valence-electron chi connectivity index (χ0n) is 5.39. The van der Waals surface area contributed by atoms with Crippen LogP contribution in [0.25, 0.3) is 0 Å². The first-order chi connectivity index (χ1) is 4.46. The molecule has 2 unspecified atom stereocenters. The second kappa shape index (κ2) is 5.30. The maximum atomic E-state index is 9.63. The molecule has 0 fully saturated rings. The first-order valence-corrected chi connectivity index (χ1v) is 2.24. The topological polar surface area (TPSA) is 121 Å². The van der Waals surface area contributed by atoms with E-state index in [0.29, 0.717) is 0 Å². The second-order valence-electron chi connectivity index (χ2n) is 1.53. The fourth-order valence-electron chi connectivity index (χ4n) is 0.258. The van der Waals surface area contributed by atoms with Crippen molar-refractivity contribution in [3.63, 3.8) is 0 Å². The van der Waals surface area contributed by atoms with Gasteiger partial charge in [-0.05, 0) is 0 Å². The van der Waals surface area contributed by atoms with Crippen molar-refractivity contribution in [3.05, 3.63) is 0 Å². The van der Waals surface area contributed by atoms with Crippen molar-refractivity contribution in [2.45, 2.75) is 12.2 Å². The molecule has 0 aliphatic rings. The van der Waals surface area contributed by atoms with Crippen LogP contribution < -0.4 is 10.2 Å². The van der Waals surface area contributed by atoms with Crippen LogP contribution in [0.4, 0.5) is 0 Å². The predicted molar refractivity (Wildman–Crippen MR) is 27.8 cm³/mol. The van der Waals surface area contributed by atoms with Gasteiger partial charge in [0.1, 0.15) is 12.2 Å². The van der Waals surface area contributed by atoms with E-state index in [-0.39, 0.29) is 23.1 Å². The van der Waals surface area contributed by atoms with Gasteiger partial charge in [-0.2, -0.15) is 0 Å². The summed E-state index contributed by atoms with van der Waals surface area (Å²) in [7, 11) is 0. The predicted octanol–water partition coefficient (Wildman–Crippen LogP) is -5.17. The maximum absolute atomic E-state index is 9.63. The Balaban J connectivity index is 0. The molecular weight excluding hydrogens is 168 g/mol. The number of carboxylic acid groups (broad SMARTS) is 2. The number of carbonyl (C=O) groups is 2. The van der Waals surface area contributed by atoms with E-state index in [9.17, 15) is 19.8 Å². The average Bonchev–Trinajstić information content (AvgIpc) is 1.84. The van der Waals surface area contributed by atoms with E-state index in [2.05, 4.69) is 0 Å². The molecule has 0 aromatic rings. The first kappa shape index (κ1) is 13.2. The summed E-state index contributed by atoms with van der Waals surface area (Å²) in [5.74, 6) is -4.12. The number of carbonyl (C=O) groups excluding carboxylic acids is 2. The Kier molecular flexibility index (Phi) is 6.37. The number of aliphatic hydroxyl groups excluding tert-OH is 2. The maximum Gasteiger partial charge on any atom is 2.00 e. The molecule has 0 saturated heterocycles. The third-order valence-corrected chi connectivity index (χ3v) is 0.782. The SMILES string of the molecule is O=C([O-])C(O)C(O)C(=O)[O-].[Mg+2]. The number of aliphatic hydroxyl groups is 2. The molecule has 0 radical (unpaired) electrons. The van der Waals surface area contributed by atoms with Crippen molar-refractivity contribution in [3.8, 4) is 0 Å². The van der Waals surface area contributed by atoms with E-state index >= 15 is 0 Å². The Morgan fingerprint density at radius 2 is 1.18 bits per heavy atom. The van der Waals surface area contributed by atoms with Crippen molar-refractivity contribution in [1.82, 2.24) is 0 Å². The summed E-state index contributed by atoms with van der Waals surface area (Å²) in [4.78, 5) is 19.3. The molecular formula is C4H4MgO6. The third kappa shape index (κ3) is 4.14. The second-order valence-corrected chi connectivity index (χ2v) is 1.53. The largest absolute Gasteiger partial charge is 2.00 e. The molecule has 0 spiro atoms. The van der Waals surface area contributed by atoms with Crippen molar-refractivity contribution < 1.29 is 30.0 Å². The van der Waals surface area contributed by atoms with Crippen LogP contribution in [0.3, 0.4) is 0 Å². The van der Waals surface area contributed by atoms with E-state index in [1.165, 1.54) is 0 Å². The molecule has 11 heavy (non-hydrogen) atoms. The molecule has 0 aliphatic carbocycles. The number of aliphatic carboxylic acids is 2. The summed E-state index contributed by atoms with van der Waals surface area (Å²) in [6, 6.07) is 0. The molecule has 2 atom stereocenters. The van der Waals surface area contributed by atoms with Gasteiger partial charge in [-0.25, -0.2) is 0 Å². The molecule has 7 heteroatoms. The van der Waals surface area contributed by atoms with Crippen molar-refractivity contribution >= 4 is 35.0 Å². The first-order valence-electron chi connectivity index (χ1n) is 2.24. The summed E-state index contributed by atoms with van der Waals surface area (Å²) in [6.45, 7) is 0. The summed E-state index contributed by atoms with van der Waals surface area (Å²) >= 11 is 0. The molecule has 2 N–H and O–H groups in total. The molecule has 0 aliphatic heterocycles. The number of hydrogen-bond acceptors (Lipinski definition) is 6. The monoisotopic (exact) mass is 172 g/mol. The van der Waals surface area contributed by atoms with Gasteiger partial charge in [0.2, 0.25) is 0 Å². The van der Waals surface area contributed by atoms with Crippen molar-refractivity contribution in [2.24, 2.45) is 0 Å². The van der Waals surface area contributed by atoms with Gasteiger partial charge in [0, 0.05) is 0 Å². The number of carboxylic acids is 2. The van der Waals surface area contributed by atoms with E-state index in [0.717, 1.165) is 0 Å². The van der Waals surface area contributed by atoms with Gasteiger partial charge >= 0.3 is 23.1 Å². The minimum atomic E-state index is -2.44. The zero-order valence-corrected chi connectivity index (χ0v) is 6.80. The smallest absolute Gasteiger partial charge is 0.547 e. The third-order valence-electron chi connectivity index (χ3n) is 0.782. The summed E-state index contributed by atoms with van der Waals surface area (Å²) in [5, 5.41) is 35.7. The minimum absolute atomic E-state index is 0. The van der Waals surface area contributed by atoms with Gasteiger partial charge in [0.25, 0.3) is 0 Å². The van der Waals surface area contributed by atoms with Crippen LogP contribution in [-0.2, 0) is 9.59 Å². The molecule has 0 saturated carbocycles. The normalized spacial score (nSPS) is 14.4. The van der Waals surface area contributed by atoms with E-state index < -0.39 is 24.1 Å². The minimum Gasteiger partial charge on any atom is -0.547 e. The Hall–Kier alpha value is -0.374. The Morgan fingerprint density at radius 1 is 1.00 bits per heavy atom. The number of rotatable bonds is 3. The van der Waals surface area contributed by atoms with Crippen molar-refractivity contribution in [1.29, 1.82) is 0 Å². The van der Waals surface area contributed by atoms with Crippen LogP contribution in [0.1, 0.15) is 0 Å². The van der Waals surface area contributed by atoms with Gasteiger partial charge < -0.3 is 30.0 Å². The standard InChI is InChI=1S/C4H6O6.Mg/c5-1(3(7)8)2(6)4(9)10;/h1-2,5-6H,(H,7,8)(H,9,10);/q;+2/p-2. The molecule has 0 bridgehead atoms. The Bertz CT molecular complexity index is 139. The van der Waals surface area contributed by atoms with E-state index in [1.807, 2.05) is 0 Å². The van der Waals surface area contributed by atoms with Crippen LogP contribution in [0, 0.1) is 0 Å². The summed E-state index contributed by atoms with van der Waals surface area (Å²) in [6.07, 6.45) is -4.88. The Morgan fingerprint density at radius 3 is 1.27 bits per heavy atom. The van der Waals surface area contributed by atoms with Crippen molar-refractivity contribution in [2.75, 3.05) is 0 Å². The van der Waals surface area contributed by atoms with Crippen LogP contribution >= 0.6 is 0 Å². The zero-order chi connectivity index (χ0) is 8.31. The molecule has 58 valence electrons. The van der Waals surface area contributed by atoms with Gasteiger partial charge in [-0.15, -0.1) is 0 Å². The van der Waals surface area contributed by atoms with Crippen LogP contribution in [0.15, 0.2) is 0 Å². The quantitative estimate of drug-likeness (QED) is 0.411. The average molecular weight is 172 g/mol. The van der Waals surface area contributed by atoms with E-state index in [1.54, 1.807) is 0 Å². The van der Waals surface area contributed by atoms with Gasteiger partial charge in [0.05, 0.1) is 11.9 Å². The van der Waals surface area contributed by atoms with Gasteiger partial charge in [0.15, 0.2) is 0 Å². The van der Waals surface area contributed by atoms with Crippen LogP contribution in [-0.4, -0.2) is 57.4 Å². The van der Waals surface area contributed by atoms with Crippen LogP contribution in [0.5, 0.6) is 0 Å². The number of hydrogen-bond donors (Lipinski definition) is 2. The fourth-order valence-corrected chi connectivity index (χ4v) is 0.258. The fraction of sp³-hybridized carbons (Fsp3) is 0.500. The molecule has 0 heterocycles. The van der Waals surface area contributed by atoms with Crippen LogP contribution in [0.2, 0.25) is 0 Å².